The van der Waals surface area contributed by atoms with E-state index in [1.807, 2.05) is 43.1 Å². The van der Waals surface area contributed by atoms with E-state index < -0.39 is 9.84 Å². The molecule has 1 fully saturated rings. The topological polar surface area (TPSA) is 68.3 Å². The van der Waals surface area contributed by atoms with Gasteiger partial charge in [-0.1, -0.05) is 18.2 Å². The second kappa shape index (κ2) is 6.18. The summed E-state index contributed by atoms with van der Waals surface area (Å²) >= 11 is 5.24. The maximum atomic E-state index is 11.6. The highest BCUT2D eigenvalue weighted by Crippen LogP contribution is 2.22. The third kappa shape index (κ3) is 3.54. The van der Waals surface area contributed by atoms with Crippen molar-refractivity contribution < 1.29 is 12.8 Å². The fraction of sp³-hybridized carbons (Fsp3) is 0.467. The van der Waals surface area contributed by atoms with Gasteiger partial charge in [0.25, 0.3) is 4.84 Å². The molecule has 0 N–H and O–H groups in total. The van der Waals surface area contributed by atoms with Crippen LogP contribution in [0, 0.1) is 11.8 Å². The molecule has 2 heterocycles. The zero-order valence-electron chi connectivity index (χ0n) is 13.1. The summed E-state index contributed by atoms with van der Waals surface area (Å²) in [5.41, 5.74) is 1.97. The van der Waals surface area contributed by atoms with Crippen molar-refractivity contribution in [2.45, 2.75) is 26.1 Å². The molecule has 0 spiro atoms. The Hall–Kier alpha value is -1.51. The van der Waals surface area contributed by atoms with Crippen LogP contribution in [0.25, 0.3) is 11.5 Å². The molecule has 1 aliphatic heterocycles. The van der Waals surface area contributed by atoms with E-state index in [1.165, 1.54) is 0 Å². The summed E-state index contributed by atoms with van der Waals surface area (Å²) in [6, 6.07) is 7.81. The molecule has 1 unspecified atom stereocenters. The molecule has 124 valence electrons. The van der Waals surface area contributed by atoms with Crippen LogP contribution < -0.4 is 0 Å². The van der Waals surface area contributed by atoms with Gasteiger partial charge in [0.1, 0.15) is 0 Å². The van der Waals surface area contributed by atoms with Crippen molar-refractivity contribution in [3.63, 3.8) is 0 Å². The average Bonchev–Trinajstić information content (AvgIpc) is 3.03. The molecule has 0 bridgehead atoms. The number of sulfone groups is 1. The maximum absolute atomic E-state index is 11.6. The monoisotopic (exact) mass is 353 g/mol. The number of rotatable bonds is 4. The van der Waals surface area contributed by atoms with Crippen LogP contribution in [0.4, 0.5) is 0 Å². The van der Waals surface area contributed by atoms with Gasteiger partial charge in [-0.15, -0.1) is 5.10 Å². The van der Waals surface area contributed by atoms with Crippen molar-refractivity contribution in [2.24, 2.45) is 0 Å². The smallest absolute Gasteiger partial charge is 0.288 e. The summed E-state index contributed by atoms with van der Waals surface area (Å²) in [4.78, 5) is 2.25. The Morgan fingerprint density at radius 3 is 2.83 bits per heavy atom. The van der Waals surface area contributed by atoms with Gasteiger partial charge in [-0.3, -0.25) is 4.90 Å². The molecule has 0 saturated carbocycles. The van der Waals surface area contributed by atoms with E-state index in [0.29, 0.717) is 19.0 Å². The van der Waals surface area contributed by atoms with E-state index in [2.05, 4.69) is 5.10 Å². The standard InChI is InChI=1S/C15H19N3O3S2/c1-11-5-3-4-6-13(11)14-16-18(15(22)21-14)10-17(2)12-7-8-23(19,20)9-12/h3-6,12H,7-10H2,1-2H3. The summed E-state index contributed by atoms with van der Waals surface area (Å²) in [7, 11) is -1.02. The van der Waals surface area contributed by atoms with E-state index in [9.17, 15) is 8.42 Å². The molecule has 8 heteroatoms. The van der Waals surface area contributed by atoms with E-state index in [1.54, 1.807) is 4.68 Å². The molecule has 1 atom stereocenters. The number of nitrogens with zero attached hydrogens (tertiary/aromatic N) is 3. The van der Waals surface area contributed by atoms with E-state index >= 15 is 0 Å². The quantitative estimate of drug-likeness (QED) is 0.786. The lowest BCUT2D eigenvalue weighted by molar-refractivity contribution is 0.194. The first kappa shape index (κ1) is 16.4. The minimum atomic E-state index is -2.91. The number of aromatic nitrogens is 2. The van der Waals surface area contributed by atoms with Crippen LogP contribution in [0.3, 0.4) is 0 Å². The number of hydrogen-bond acceptors (Lipinski definition) is 6. The molecule has 0 aliphatic carbocycles. The summed E-state index contributed by atoms with van der Waals surface area (Å²) < 4.78 is 30.4. The molecule has 3 rings (SSSR count). The lowest BCUT2D eigenvalue weighted by Gasteiger charge is -2.22. The van der Waals surface area contributed by atoms with Gasteiger partial charge in [0.2, 0.25) is 5.89 Å². The Morgan fingerprint density at radius 1 is 1.43 bits per heavy atom. The minimum absolute atomic E-state index is 0.000474. The predicted octanol–water partition coefficient (Wildman–Crippen LogP) is 2.26. The fourth-order valence-corrected chi connectivity index (χ4v) is 4.75. The lowest BCUT2D eigenvalue weighted by atomic mass is 10.1. The SMILES string of the molecule is Cc1ccccc1-c1nn(CN(C)C2CCS(=O)(=O)C2)c(=S)o1. The summed E-state index contributed by atoms with van der Waals surface area (Å²) in [5.74, 6) is 0.931. The molecular formula is C15H19N3O3S2. The third-order valence-electron chi connectivity index (χ3n) is 4.17. The average molecular weight is 353 g/mol. The predicted molar refractivity (Wildman–Crippen MR) is 90.3 cm³/mol. The Balaban J connectivity index is 1.80. The van der Waals surface area contributed by atoms with Crippen LogP contribution in [-0.4, -0.2) is 47.7 Å². The minimum Gasteiger partial charge on any atom is -0.409 e. The second-order valence-electron chi connectivity index (χ2n) is 5.94. The highest BCUT2D eigenvalue weighted by Gasteiger charge is 2.31. The Kier molecular flexibility index (Phi) is 4.39. The van der Waals surface area contributed by atoms with Crippen molar-refractivity contribution in [2.75, 3.05) is 18.6 Å². The summed E-state index contributed by atoms with van der Waals surface area (Å²) in [5, 5.41) is 4.44. The van der Waals surface area contributed by atoms with Crippen LogP contribution in [0.2, 0.25) is 0 Å². The Bertz CT molecular complexity index is 870. The lowest BCUT2D eigenvalue weighted by Crippen LogP contribution is -2.34. The zero-order valence-corrected chi connectivity index (χ0v) is 14.7. The van der Waals surface area contributed by atoms with Crippen molar-refractivity contribution in [1.82, 2.24) is 14.7 Å². The normalized spacial score (nSPS) is 20.2. The van der Waals surface area contributed by atoms with Crippen LogP contribution in [0.15, 0.2) is 28.7 Å². The van der Waals surface area contributed by atoms with E-state index in [0.717, 1.165) is 11.1 Å². The van der Waals surface area contributed by atoms with E-state index in [-0.39, 0.29) is 22.4 Å². The highest BCUT2D eigenvalue weighted by atomic mass is 32.2. The molecule has 23 heavy (non-hydrogen) atoms. The summed E-state index contributed by atoms with van der Waals surface area (Å²) in [6.07, 6.45) is 0.647. The molecule has 0 radical (unpaired) electrons. The molecule has 6 nitrogen and oxygen atoms in total. The molecular weight excluding hydrogens is 334 g/mol. The molecule has 1 saturated heterocycles. The third-order valence-corrected chi connectivity index (χ3v) is 6.21. The summed E-state index contributed by atoms with van der Waals surface area (Å²) in [6.45, 7) is 2.40. The van der Waals surface area contributed by atoms with Crippen molar-refractivity contribution in [3.8, 4) is 11.5 Å². The Morgan fingerprint density at radius 2 is 2.17 bits per heavy atom. The van der Waals surface area contributed by atoms with Gasteiger partial charge >= 0.3 is 0 Å². The highest BCUT2D eigenvalue weighted by molar-refractivity contribution is 7.91. The van der Waals surface area contributed by atoms with Crippen LogP contribution >= 0.6 is 12.2 Å². The first-order valence-corrected chi connectivity index (χ1v) is 9.63. The Labute approximate surface area is 140 Å². The number of hydrogen-bond donors (Lipinski definition) is 0. The van der Waals surface area contributed by atoms with Crippen molar-refractivity contribution in [3.05, 3.63) is 34.7 Å². The van der Waals surface area contributed by atoms with Gasteiger partial charge < -0.3 is 4.42 Å². The van der Waals surface area contributed by atoms with Gasteiger partial charge in [0.15, 0.2) is 9.84 Å². The largest absolute Gasteiger partial charge is 0.409 e. The van der Waals surface area contributed by atoms with Crippen LogP contribution in [0.5, 0.6) is 0 Å². The molecule has 1 aliphatic rings. The maximum Gasteiger partial charge on any atom is 0.288 e. The van der Waals surface area contributed by atoms with E-state index in [4.69, 9.17) is 16.6 Å². The van der Waals surface area contributed by atoms with Crippen LogP contribution in [-0.2, 0) is 16.5 Å². The zero-order chi connectivity index (χ0) is 16.6. The first-order chi connectivity index (χ1) is 10.9. The number of benzene rings is 1. The van der Waals surface area contributed by atoms with Gasteiger partial charge in [-0.25, -0.2) is 13.1 Å². The second-order valence-corrected chi connectivity index (χ2v) is 8.52. The van der Waals surface area contributed by atoms with Crippen molar-refractivity contribution in [1.29, 1.82) is 0 Å². The molecule has 1 aromatic carbocycles. The first-order valence-electron chi connectivity index (χ1n) is 7.40. The fourth-order valence-electron chi connectivity index (χ4n) is 2.77. The van der Waals surface area contributed by atoms with Gasteiger partial charge in [0, 0.05) is 11.6 Å². The van der Waals surface area contributed by atoms with Crippen molar-refractivity contribution >= 4 is 22.1 Å². The van der Waals surface area contributed by atoms with Gasteiger partial charge in [-0.2, -0.15) is 0 Å². The van der Waals surface area contributed by atoms with Gasteiger partial charge in [0.05, 0.1) is 18.2 Å². The molecule has 2 aromatic rings. The molecule has 0 amide bonds. The molecule has 1 aromatic heterocycles. The van der Waals surface area contributed by atoms with Crippen LogP contribution in [0.1, 0.15) is 12.0 Å². The number of aryl methyl sites for hydroxylation is 1. The van der Waals surface area contributed by atoms with Gasteiger partial charge in [-0.05, 0) is 44.2 Å².